The number of rotatable bonds is 6. The van der Waals surface area contributed by atoms with Gasteiger partial charge in [0.05, 0.1) is 7.11 Å². The third kappa shape index (κ3) is 3.28. The van der Waals surface area contributed by atoms with Crippen molar-refractivity contribution in [2.75, 3.05) is 31.6 Å². The number of nitrogens with one attached hydrogen (secondary N) is 1. The first-order chi connectivity index (χ1) is 12.2. The lowest BCUT2D eigenvalue weighted by Crippen LogP contribution is -2.51. The minimum Gasteiger partial charge on any atom is -0.497 e. The lowest BCUT2D eigenvalue weighted by Gasteiger charge is -2.40. The molecule has 0 aliphatic carbocycles. The molecule has 1 aliphatic heterocycles. The van der Waals surface area contributed by atoms with E-state index in [-0.39, 0.29) is 0 Å². The Morgan fingerprint density at radius 3 is 2.68 bits per heavy atom. The number of anilines is 1. The molecular weight excluding hydrogens is 316 g/mol. The number of ether oxygens (including phenoxy) is 1. The topological polar surface area (TPSA) is 67.6 Å². The molecule has 0 radical (unpaired) electrons. The van der Waals surface area contributed by atoms with E-state index < -0.39 is 0 Å². The van der Waals surface area contributed by atoms with Gasteiger partial charge in [0.15, 0.2) is 11.5 Å². The summed E-state index contributed by atoms with van der Waals surface area (Å²) in [6.07, 6.45) is 0. The Kier molecular flexibility index (Phi) is 4.23. The molecule has 4 rings (SSSR count). The van der Waals surface area contributed by atoms with Crippen molar-refractivity contribution in [2.24, 2.45) is 5.92 Å². The highest BCUT2D eigenvalue weighted by atomic mass is 16.5. The van der Waals surface area contributed by atoms with Crippen molar-refractivity contribution in [1.29, 1.82) is 0 Å². The zero-order chi connectivity index (χ0) is 17.2. The van der Waals surface area contributed by atoms with Crippen LogP contribution in [0.15, 0.2) is 36.4 Å². The van der Waals surface area contributed by atoms with E-state index in [1.165, 1.54) is 5.56 Å². The van der Waals surface area contributed by atoms with Gasteiger partial charge in [0, 0.05) is 32.1 Å². The fourth-order valence-electron chi connectivity index (χ4n) is 3.11. The van der Waals surface area contributed by atoms with Crippen LogP contribution >= 0.6 is 0 Å². The molecule has 0 unspecified atom stereocenters. The predicted molar refractivity (Wildman–Crippen MR) is 95.9 cm³/mol. The number of methoxy groups -OCH3 is 1. The van der Waals surface area contributed by atoms with E-state index in [9.17, 15) is 0 Å². The van der Waals surface area contributed by atoms with Gasteiger partial charge < -0.3 is 15.0 Å². The second-order valence-electron chi connectivity index (χ2n) is 6.46. The van der Waals surface area contributed by atoms with Gasteiger partial charge in [-0.2, -0.15) is 4.52 Å². The summed E-state index contributed by atoms with van der Waals surface area (Å²) in [4.78, 5) is 2.29. The van der Waals surface area contributed by atoms with Crippen LogP contribution in [0, 0.1) is 12.8 Å². The van der Waals surface area contributed by atoms with Crippen LogP contribution in [-0.4, -0.2) is 46.6 Å². The predicted octanol–water partition coefficient (Wildman–Crippen LogP) is 1.67. The van der Waals surface area contributed by atoms with Gasteiger partial charge in [0.1, 0.15) is 11.6 Å². The molecule has 7 heteroatoms. The average Bonchev–Trinajstić information content (AvgIpc) is 2.98. The van der Waals surface area contributed by atoms with Gasteiger partial charge in [-0.1, -0.05) is 12.1 Å². The van der Waals surface area contributed by atoms with Crippen molar-refractivity contribution in [2.45, 2.75) is 13.5 Å². The van der Waals surface area contributed by atoms with Crippen LogP contribution in [0.3, 0.4) is 0 Å². The molecule has 1 aromatic carbocycles. The Bertz CT molecular complexity index is 854. The van der Waals surface area contributed by atoms with Crippen molar-refractivity contribution in [3.8, 4) is 5.75 Å². The minimum absolute atomic E-state index is 0.651. The summed E-state index contributed by atoms with van der Waals surface area (Å²) in [7, 11) is 1.69. The van der Waals surface area contributed by atoms with E-state index in [2.05, 4.69) is 37.6 Å². The number of hydrogen-bond acceptors (Lipinski definition) is 6. The fourth-order valence-corrected chi connectivity index (χ4v) is 3.11. The lowest BCUT2D eigenvalue weighted by atomic mass is 10.00. The molecule has 1 fully saturated rings. The normalized spacial score (nSPS) is 14.7. The molecule has 130 valence electrons. The molecule has 1 N–H and O–H groups in total. The highest BCUT2D eigenvalue weighted by Crippen LogP contribution is 2.22. The maximum absolute atomic E-state index is 5.18. The summed E-state index contributed by atoms with van der Waals surface area (Å²) in [5, 5.41) is 16.3. The summed E-state index contributed by atoms with van der Waals surface area (Å²) in [6.45, 7) is 5.85. The first-order valence-electron chi connectivity index (χ1n) is 8.50. The summed E-state index contributed by atoms with van der Waals surface area (Å²) < 4.78 is 6.98. The molecule has 7 nitrogen and oxygen atoms in total. The standard InChI is InChI=1S/C18H22N6O/c1-13-20-21-17-7-8-18(22-24(13)17)23-11-15(12-23)10-19-9-14-3-5-16(25-2)6-4-14/h3-8,15,19H,9-12H2,1-2H3. The highest BCUT2D eigenvalue weighted by Gasteiger charge is 2.27. The molecule has 2 aromatic heterocycles. The van der Waals surface area contributed by atoms with Gasteiger partial charge in [0.2, 0.25) is 0 Å². The summed E-state index contributed by atoms with van der Waals surface area (Å²) in [6, 6.07) is 12.2. The molecule has 0 spiro atoms. The first kappa shape index (κ1) is 15.8. The van der Waals surface area contributed by atoms with E-state index in [1.807, 2.05) is 31.2 Å². The maximum Gasteiger partial charge on any atom is 0.178 e. The van der Waals surface area contributed by atoms with E-state index in [0.29, 0.717) is 5.92 Å². The number of aromatic nitrogens is 4. The number of aryl methyl sites for hydroxylation is 1. The van der Waals surface area contributed by atoms with Gasteiger partial charge in [-0.15, -0.1) is 15.3 Å². The van der Waals surface area contributed by atoms with Crippen molar-refractivity contribution < 1.29 is 4.74 Å². The Balaban J connectivity index is 1.26. The van der Waals surface area contributed by atoms with Crippen LogP contribution in [-0.2, 0) is 6.54 Å². The van der Waals surface area contributed by atoms with Gasteiger partial charge in [-0.05, 0) is 36.8 Å². The quantitative estimate of drug-likeness (QED) is 0.737. The monoisotopic (exact) mass is 338 g/mol. The van der Waals surface area contributed by atoms with Gasteiger partial charge >= 0.3 is 0 Å². The number of nitrogens with zero attached hydrogens (tertiary/aromatic N) is 5. The second-order valence-corrected chi connectivity index (χ2v) is 6.46. The van der Waals surface area contributed by atoms with Crippen LogP contribution in [0.4, 0.5) is 5.82 Å². The molecular formula is C18H22N6O. The Labute approximate surface area is 146 Å². The molecule has 0 bridgehead atoms. The van der Waals surface area contributed by atoms with Crippen molar-refractivity contribution in [3.05, 3.63) is 47.8 Å². The Morgan fingerprint density at radius 1 is 1.12 bits per heavy atom. The number of benzene rings is 1. The first-order valence-corrected chi connectivity index (χ1v) is 8.50. The molecule has 1 saturated heterocycles. The fraction of sp³-hybridized carbons (Fsp3) is 0.389. The van der Waals surface area contributed by atoms with Crippen LogP contribution in [0.2, 0.25) is 0 Å². The number of fused-ring (bicyclic) bond motifs is 1. The van der Waals surface area contributed by atoms with Gasteiger partial charge in [0.25, 0.3) is 0 Å². The minimum atomic E-state index is 0.651. The molecule has 0 saturated carbocycles. The second kappa shape index (κ2) is 6.68. The van der Waals surface area contributed by atoms with E-state index in [4.69, 9.17) is 4.74 Å². The third-order valence-corrected chi connectivity index (χ3v) is 4.61. The SMILES string of the molecule is COc1ccc(CNCC2CN(c3ccc4nnc(C)n4n3)C2)cc1. The Morgan fingerprint density at radius 2 is 1.92 bits per heavy atom. The van der Waals surface area contributed by atoms with Crippen LogP contribution in [0.5, 0.6) is 5.75 Å². The van der Waals surface area contributed by atoms with Crippen LogP contribution in [0.1, 0.15) is 11.4 Å². The molecule has 25 heavy (non-hydrogen) atoms. The molecule has 1 aliphatic rings. The molecule has 0 amide bonds. The largest absolute Gasteiger partial charge is 0.497 e. The molecule has 3 aromatic rings. The summed E-state index contributed by atoms with van der Waals surface area (Å²) in [5.74, 6) is 3.35. The smallest absolute Gasteiger partial charge is 0.178 e. The summed E-state index contributed by atoms with van der Waals surface area (Å²) in [5.41, 5.74) is 2.06. The lowest BCUT2D eigenvalue weighted by molar-refractivity contribution is 0.381. The Hall–Kier alpha value is -2.67. The third-order valence-electron chi connectivity index (χ3n) is 4.61. The van der Waals surface area contributed by atoms with Gasteiger partial charge in [-0.3, -0.25) is 0 Å². The average molecular weight is 338 g/mol. The number of hydrogen-bond donors (Lipinski definition) is 1. The van der Waals surface area contributed by atoms with E-state index in [0.717, 1.165) is 49.2 Å². The van der Waals surface area contributed by atoms with E-state index >= 15 is 0 Å². The zero-order valence-corrected chi connectivity index (χ0v) is 14.5. The van der Waals surface area contributed by atoms with Gasteiger partial charge in [-0.25, -0.2) is 0 Å². The molecule has 0 atom stereocenters. The van der Waals surface area contributed by atoms with Crippen molar-refractivity contribution >= 4 is 11.5 Å². The maximum atomic E-state index is 5.18. The summed E-state index contributed by atoms with van der Waals surface area (Å²) >= 11 is 0. The highest BCUT2D eigenvalue weighted by molar-refractivity contribution is 5.47. The van der Waals surface area contributed by atoms with Crippen molar-refractivity contribution in [1.82, 2.24) is 25.1 Å². The van der Waals surface area contributed by atoms with Crippen LogP contribution < -0.4 is 15.0 Å². The van der Waals surface area contributed by atoms with E-state index in [1.54, 1.807) is 11.6 Å². The zero-order valence-electron chi connectivity index (χ0n) is 14.5. The van der Waals surface area contributed by atoms with Crippen molar-refractivity contribution in [3.63, 3.8) is 0 Å². The molecule has 3 heterocycles. The van der Waals surface area contributed by atoms with Crippen LogP contribution in [0.25, 0.3) is 5.65 Å².